The maximum atomic E-state index is 12.9. The highest BCUT2D eigenvalue weighted by atomic mass is 35.5. The molecule has 4 nitrogen and oxygen atoms in total. The fourth-order valence-electron chi connectivity index (χ4n) is 3.90. The van der Waals surface area contributed by atoms with Gasteiger partial charge in [0.2, 0.25) is 0 Å². The lowest BCUT2D eigenvalue weighted by Crippen LogP contribution is -2.43. The van der Waals surface area contributed by atoms with Gasteiger partial charge in [-0.25, -0.2) is 0 Å². The van der Waals surface area contributed by atoms with Crippen LogP contribution in [0.3, 0.4) is 0 Å². The minimum absolute atomic E-state index is 0.0260. The van der Waals surface area contributed by atoms with E-state index in [0.717, 1.165) is 35.6 Å². The Bertz CT molecular complexity index is 940. The molecular formula is C20H21ClN2O2. The predicted octanol–water partition coefficient (Wildman–Crippen LogP) is 4.74. The average Bonchev–Trinajstić information content (AvgIpc) is 3.19. The topological polar surface area (TPSA) is 49.2 Å². The predicted molar refractivity (Wildman–Crippen MR) is 99.3 cm³/mol. The molecule has 0 saturated carbocycles. The maximum Gasteiger partial charge on any atom is 0.289 e. The van der Waals surface area contributed by atoms with Gasteiger partial charge in [0.15, 0.2) is 5.76 Å². The number of fused-ring (bicyclic) bond motifs is 3. The molecule has 0 fully saturated rings. The third-order valence-corrected chi connectivity index (χ3v) is 5.35. The number of hydrogen-bond donors (Lipinski definition) is 1. The zero-order valence-electron chi connectivity index (χ0n) is 14.4. The van der Waals surface area contributed by atoms with Crippen LogP contribution in [-0.2, 0) is 12.8 Å². The number of rotatable bonds is 3. The quantitative estimate of drug-likeness (QED) is 0.736. The van der Waals surface area contributed by atoms with Gasteiger partial charge in [0.25, 0.3) is 5.91 Å². The molecule has 1 aliphatic rings. The summed E-state index contributed by atoms with van der Waals surface area (Å²) in [7, 11) is 0. The van der Waals surface area contributed by atoms with E-state index in [2.05, 4.69) is 4.98 Å². The van der Waals surface area contributed by atoms with Gasteiger partial charge in [-0.2, -0.15) is 0 Å². The van der Waals surface area contributed by atoms with Gasteiger partial charge in [-0.1, -0.05) is 11.6 Å². The molecule has 1 atom stereocenters. The Morgan fingerprint density at radius 1 is 1.36 bits per heavy atom. The van der Waals surface area contributed by atoms with Crippen LogP contribution in [-0.4, -0.2) is 28.4 Å². The van der Waals surface area contributed by atoms with E-state index in [0.29, 0.717) is 12.3 Å². The van der Waals surface area contributed by atoms with Crippen LogP contribution in [0.2, 0.25) is 5.02 Å². The summed E-state index contributed by atoms with van der Waals surface area (Å²) in [6, 6.07) is 9.72. The first-order valence-corrected chi connectivity index (χ1v) is 9.11. The summed E-state index contributed by atoms with van der Waals surface area (Å²) in [6.07, 6.45) is 2.73. The van der Waals surface area contributed by atoms with Crippen LogP contribution < -0.4 is 0 Å². The lowest BCUT2D eigenvalue weighted by Gasteiger charge is -2.33. The van der Waals surface area contributed by atoms with Crippen molar-refractivity contribution in [3.8, 4) is 0 Å². The average molecular weight is 357 g/mol. The summed E-state index contributed by atoms with van der Waals surface area (Å²) in [6.45, 7) is 4.55. The molecule has 0 radical (unpaired) electrons. The van der Waals surface area contributed by atoms with Crippen molar-refractivity contribution in [3.05, 3.63) is 58.1 Å². The molecule has 3 aromatic rings. The SMILES string of the molecule is CCN(C(=O)c1ccc(C)o1)[C@H]1CCc2[nH]c3ccc(Cl)cc3c2C1. The number of aromatic nitrogens is 1. The normalized spacial score (nSPS) is 16.8. The molecule has 1 aromatic carbocycles. The van der Waals surface area contributed by atoms with Gasteiger partial charge in [-0.15, -0.1) is 0 Å². The minimum atomic E-state index is -0.0260. The van der Waals surface area contributed by atoms with Gasteiger partial charge in [-0.3, -0.25) is 4.79 Å². The van der Waals surface area contributed by atoms with Crippen molar-refractivity contribution >= 4 is 28.4 Å². The second-order valence-corrected chi connectivity index (χ2v) is 7.11. The Kier molecular flexibility index (Phi) is 4.08. The number of benzene rings is 1. The molecule has 1 N–H and O–H groups in total. The van der Waals surface area contributed by atoms with Crippen LogP contribution in [0.4, 0.5) is 0 Å². The van der Waals surface area contributed by atoms with E-state index in [1.165, 1.54) is 16.6 Å². The third-order valence-electron chi connectivity index (χ3n) is 5.12. The smallest absolute Gasteiger partial charge is 0.289 e. The minimum Gasteiger partial charge on any atom is -0.456 e. The third kappa shape index (κ3) is 2.85. The Labute approximate surface area is 151 Å². The Morgan fingerprint density at radius 3 is 2.92 bits per heavy atom. The number of halogens is 1. The Morgan fingerprint density at radius 2 is 2.20 bits per heavy atom. The zero-order chi connectivity index (χ0) is 17.6. The van der Waals surface area contributed by atoms with Crippen LogP contribution in [0, 0.1) is 6.92 Å². The van der Waals surface area contributed by atoms with E-state index in [1.807, 2.05) is 43.0 Å². The summed E-state index contributed by atoms with van der Waals surface area (Å²) in [5.41, 5.74) is 3.67. The molecule has 2 aromatic heterocycles. The Balaban J connectivity index is 1.65. The van der Waals surface area contributed by atoms with Crippen LogP contribution in [0.5, 0.6) is 0 Å². The molecule has 0 unspecified atom stereocenters. The number of aryl methyl sites for hydroxylation is 2. The van der Waals surface area contributed by atoms with E-state index < -0.39 is 0 Å². The summed E-state index contributed by atoms with van der Waals surface area (Å²) in [5.74, 6) is 1.16. The second-order valence-electron chi connectivity index (χ2n) is 6.67. The standard InChI is InChI=1S/C20H21ClN2O2/c1-3-23(20(24)19-9-4-12(2)25-19)14-6-8-18-16(11-14)15-10-13(21)5-7-17(15)22-18/h4-5,7,9-10,14,22H,3,6,8,11H2,1-2H3/t14-/m0/s1. The van der Waals surface area contributed by atoms with Crippen LogP contribution >= 0.6 is 11.6 Å². The first kappa shape index (κ1) is 16.3. The fourth-order valence-corrected chi connectivity index (χ4v) is 4.07. The van der Waals surface area contributed by atoms with E-state index >= 15 is 0 Å². The number of likely N-dealkylation sites (N-methyl/N-ethyl adjacent to an activating group) is 1. The first-order chi connectivity index (χ1) is 12.1. The van der Waals surface area contributed by atoms with Gasteiger partial charge < -0.3 is 14.3 Å². The number of H-pyrrole nitrogens is 1. The van der Waals surface area contributed by atoms with Crippen LogP contribution in [0.15, 0.2) is 34.7 Å². The molecular weight excluding hydrogens is 336 g/mol. The molecule has 1 aliphatic carbocycles. The zero-order valence-corrected chi connectivity index (χ0v) is 15.2. The number of furan rings is 1. The van der Waals surface area contributed by atoms with Crippen molar-refractivity contribution in [1.29, 1.82) is 0 Å². The van der Waals surface area contributed by atoms with E-state index in [9.17, 15) is 4.79 Å². The van der Waals surface area contributed by atoms with Crippen molar-refractivity contribution < 1.29 is 9.21 Å². The van der Waals surface area contributed by atoms with Crippen molar-refractivity contribution in [2.24, 2.45) is 0 Å². The van der Waals surface area contributed by atoms with E-state index in [4.69, 9.17) is 16.0 Å². The van der Waals surface area contributed by atoms with Gasteiger partial charge in [0.1, 0.15) is 5.76 Å². The van der Waals surface area contributed by atoms with Gasteiger partial charge in [-0.05, 0) is 69.0 Å². The summed E-state index contributed by atoms with van der Waals surface area (Å²) >= 11 is 6.19. The number of nitrogens with one attached hydrogen (secondary N) is 1. The highest BCUT2D eigenvalue weighted by Gasteiger charge is 2.30. The molecule has 0 saturated heterocycles. The number of nitrogens with zero attached hydrogens (tertiary/aromatic N) is 1. The van der Waals surface area contributed by atoms with E-state index in [-0.39, 0.29) is 11.9 Å². The maximum absolute atomic E-state index is 12.9. The summed E-state index contributed by atoms with van der Waals surface area (Å²) < 4.78 is 5.54. The molecule has 1 amide bonds. The van der Waals surface area contributed by atoms with Crippen molar-refractivity contribution in [2.75, 3.05) is 6.54 Å². The monoisotopic (exact) mass is 356 g/mol. The van der Waals surface area contributed by atoms with Crippen molar-refractivity contribution in [1.82, 2.24) is 9.88 Å². The van der Waals surface area contributed by atoms with Gasteiger partial charge in [0.05, 0.1) is 0 Å². The largest absolute Gasteiger partial charge is 0.456 e. The van der Waals surface area contributed by atoms with Crippen molar-refractivity contribution in [2.45, 2.75) is 39.2 Å². The lowest BCUT2D eigenvalue weighted by molar-refractivity contribution is 0.0640. The van der Waals surface area contributed by atoms with Gasteiger partial charge in [0, 0.05) is 34.2 Å². The summed E-state index contributed by atoms with van der Waals surface area (Å²) in [5, 5.41) is 1.91. The number of amides is 1. The highest BCUT2D eigenvalue weighted by Crippen LogP contribution is 2.33. The molecule has 0 spiro atoms. The highest BCUT2D eigenvalue weighted by molar-refractivity contribution is 6.31. The number of carbonyl (C=O) groups excluding carboxylic acids is 1. The van der Waals surface area contributed by atoms with Crippen molar-refractivity contribution in [3.63, 3.8) is 0 Å². The fraction of sp³-hybridized carbons (Fsp3) is 0.350. The molecule has 130 valence electrons. The first-order valence-electron chi connectivity index (χ1n) is 8.73. The number of hydrogen-bond acceptors (Lipinski definition) is 2. The van der Waals surface area contributed by atoms with E-state index in [1.54, 1.807) is 6.07 Å². The lowest BCUT2D eigenvalue weighted by atomic mass is 9.90. The number of aromatic amines is 1. The van der Waals surface area contributed by atoms with Crippen LogP contribution in [0.1, 0.15) is 40.9 Å². The molecule has 4 rings (SSSR count). The Hall–Kier alpha value is -2.20. The number of carbonyl (C=O) groups is 1. The molecule has 5 heteroatoms. The molecule has 25 heavy (non-hydrogen) atoms. The van der Waals surface area contributed by atoms with Gasteiger partial charge >= 0.3 is 0 Å². The molecule has 0 bridgehead atoms. The van der Waals surface area contributed by atoms with Crippen LogP contribution in [0.25, 0.3) is 10.9 Å². The molecule has 0 aliphatic heterocycles. The summed E-state index contributed by atoms with van der Waals surface area (Å²) in [4.78, 5) is 18.3. The molecule has 2 heterocycles. The second kappa shape index (κ2) is 6.26.